The minimum absolute atomic E-state index is 0.123. The van der Waals surface area contributed by atoms with Crippen molar-refractivity contribution in [3.8, 4) is 11.1 Å². The third-order valence-corrected chi connectivity index (χ3v) is 3.17. The molecule has 0 radical (unpaired) electrons. The monoisotopic (exact) mass is 282 g/mol. The van der Waals surface area contributed by atoms with Gasteiger partial charge in [-0.05, 0) is 29.7 Å². The van der Waals surface area contributed by atoms with Crippen molar-refractivity contribution in [1.29, 1.82) is 0 Å². The number of aliphatic carboxylic acids is 1. The van der Waals surface area contributed by atoms with E-state index in [2.05, 4.69) is 0 Å². The summed E-state index contributed by atoms with van der Waals surface area (Å²) in [5.74, 6) is -1.00. The van der Waals surface area contributed by atoms with Crippen LogP contribution in [-0.4, -0.2) is 22.3 Å². The Bertz CT molecular complexity index is 643. The highest BCUT2D eigenvalue weighted by molar-refractivity contribution is 5.93. The first-order valence-electron chi connectivity index (χ1n) is 6.84. The first-order chi connectivity index (χ1) is 10.1. The molecular formula is C18H18O3. The predicted molar refractivity (Wildman–Crippen MR) is 83.8 cm³/mol. The van der Waals surface area contributed by atoms with Crippen molar-refractivity contribution < 1.29 is 15.0 Å². The van der Waals surface area contributed by atoms with Gasteiger partial charge in [0.05, 0.1) is 6.10 Å². The molecule has 0 spiro atoms. The summed E-state index contributed by atoms with van der Waals surface area (Å²) in [5, 5.41) is 18.7. The van der Waals surface area contributed by atoms with Gasteiger partial charge >= 0.3 is 5.97 Å². The van der Waals surface area contributed by atoms with Crippen molar-refractivity contribution >= 4 is 12.0 Å². The number of carbonyl (C=O) groups is 1. The lowest BCUT2D eigenvalue weighted by atomic mass is 9.97. The zero-order chi connectivity index (χ0) is 15.2. The van der Waals surface area contributed by atoms with Crippen molar-refractivity contribution in [2.75, 3.05) is 0 Å². The minimum atomic E-state index is -1.00. The summed E-state index contributed by atoms with van der Waals surface area (Å²) in [5.41, 5.74) is 3.05. The Labute approximate surface area is 124 Å². The van der Waals surface area contributed by atoms with Gasteiger partial charge in [0.2, 0.25) is 0 Å². The lowest BCUT2D eigenvalue weighted by molar-refractivity contribution is -0.132. The molecule has 0 aliphatic rings. The Morgan fingerprint density at radius 3 is 2.33 bits per heavy atom. The van der Waals surface area contributed by atoms with Crippen molar-refractivity contribution in [2.45, 2.75) is 19.4 Å². The fourth-order valence-corrected chi connectivity index (χ4v) is 2.22. The molecule has 2 aromatic carbocycles. The van der Waals surface area contributed by atoms with Crippen LogP contribution in [0.15, 0.2) is 60.2 Å². The summed E-state index contributed by atoms with van der Waals surface area (Å²) >= 11 is 0. The second-order valence-corrected chi connectivity index (χ2v) is 4.98. The number of aliphatic hydroxyl groups is 1. The molecule has 3 nitrogen and oxygen atoms in total. The van der Waals surface area contributed by atoms with E-state index in [0.29, 0.717) is 0 Å². The van der Waals surface area contributed by atoms with Gasteiger partial charge in [0.1, 0.15) is 0 Å². The smallest absolute Gasteiger partial charge is 0.331 e. The van der Waals surface area contributed by atoms with Gasteiger partial charge in [-0.1, -0.05) is 54.6 Å². The van der Waals surface area contributed by atoms with Gasteiger partial charge in [-0.2, -0.15) is 0 Å². The molecule has 108 valence electrons. The Balaban J connectivity index is 2.47. The fourth-order valence-electron chi connectivity index (χ4n) is 2.22. The van der Waals surface area contributed by atoms with Crippen LogP contribution >= 0.6 is 0 Å². The maximum atomic E-state index is 11.3. The number of rotatable bonds is 5. The van der Waals surface area contributed by atoms with Gasteiger partial charge in [0.25, 0.3) is 0 Å². The molecule has 0 aromatic heterocycles. The number of aliphatic hydroxyl groups excluding tert-OH is 1. The molecule has 3 heteroatoms. The average molecular weight is 282 g/mol. The van der Waals surface area contributed by atoms with Gasteiger partial charge in [-0.3, -0.25) is 0 Å². The van der Waals surface area contributed by atoms with Crippen LogP contribution in [0.1, 0.15) is 18.9 Å². The van der Waals surface area contributed by atoms with Crippen LogP contribution in [0.2, 0.25) is 0 Å². The van der Waals surface area contributed by atoms with Crippen LogP contribution in [0.3, 0.4) is 0 Å². The van der Waals surface area contributed by atoms with Gasteiger partial charge in [0.15, 0.2) is 0 Å². The quantitative estimate of drug-likeness (QED) is 0.824. The standard InChI is InChI=1S/C18H18O3/c1-13(19)11-16(18(20)21)12-15-9-5-6-10-17(15)14-7-3-2-4-8-14/h2-10,12-13,19H,11H2,1H3,(H,20,21). The van der Waals surface area contributed by atoms with Gasteiger partial charge in [-0.15, -0.1) is 0 Å². The van der Waals surface area contributed by atoms with Crippen molar-refractivity contribution in [3.63, 3.8) is 0 Å². The largest absolute Gasteiger partial charge is 0.478 e. The third kappa shape index (κ3) is 4.04. The van der Waals surface area contributed by atoms with E-state index in [9.17, 15) is 15.0 Å². The lowest BCUT2D eigenvalue weighted by Crippen LogP contribution is -2.08. The maximum absolute atomic E-state index is 11.3. The van der Waals surface area contributed by atoms with Crippen LogP contribution in [0, 0.1) is 0 Å². The first kappa shape index (κ1) is 15.0. The number of benzene rings is 2. The summed E-state index contributed by atoms with van der Waals surface area (Å²) in [6, 6.07) is 17.5. The summed E-state index contributed by atoms with van der Waals surface area (Å²) in [4.78, 5) is 11.3. The predicted octanol–water partition coefficient (Wildman–Crippen LogP) is 3.59. The molecule has 1 atom stereocenters. The minimum Gasteiger partial charge on any atom is -0.478 e. The van der Waals surface area contributed by atoms with Crippen molar-refractivity contribution in [1.82, 2.24) is 0 Å². The number of carboxylic acids is 1. The summed E-state index contributed by atoms with van der Waals surface area (Å²) in [6.07, 6.45) is 1.08. The highest BCUT2D eigenvalue weighted by atomic mass is 16.4. The third-order valence-electron chi connectivity index (χ3n) is 3.17. The Hall–Kier alpha value is -2.39. The molecule has 0 saturated carbocycles. The molecule has 2 rings (SSSR count). The van der Waals surface area contributed by atoms with E-state index in [4.69, 9.17) is 0 Å². The Morgan fingerprint density at radius 2 is 1.71 bits per heavy atom. The SMILES string of the molecule is CC(O)CC(=Cc1ccccc1-c1ccccc1)C(=O)O. The first-order valence-corrected chi connectivity index (χ1v) is 6.84. The van der Waals surface area contributed by atoms with E-state index < -0.39 is 12.1 Å². The highest BCUT2D eigenvalue weighted by Gasteiger charge is 2.12. The number of carboxylic acid groups (broad SMARTS) is 1. The maximum Gasteiger partial charge on any atom is 0.331 e. The Kier molecular flexibility index (Phi) is 4.90. The molecular weight excluding hydrogens is 264 g/mol. The molecule has 0 aliphatic heterocycles. The summed E-state index contributed by atoms with van der Waals surface area (Å²) in [7, 11) is 0. The molecule has 0 amide bonds. The summed E-state index contributed by atoms with van der Waals surface area (Å²) in [6.45, 7) is 1.58. The molecule has 0 bridgehead atoms. The van der Waals surface area contributed by atoms with Crippen LogP contribution in [-0.2, 0) is 4.79 Å². The van der Waals surface area contributed by atoms with E-state index in [0.717, 1.165) is 16.7 Å². The molecule has 0 heterocycles. The Morgan fingerprint density at radius 1 is 1.10 bits per heavy atom. The van der Waals surface area contributed by atoms with Crippen LogP contribution < -0.4 is 0 Å². The molecule has 0 fully saturated rings. The summed E-state index contributed by atoms with van der Waals surface area (Å²) < 4.78 is 0. The van der Waals surface area contributed by atoms with Gasteiger partial charge in [0, 0.05) is 12.0 Å². The number of hydrogen-bond acceptors (Lipinski definition) is 2. The van der Waals surface area contributed by atoms with E-state index in [1.54, 1.807) is 13.0 Å². The molecule has 21 heavy (non-hydrogen) atoms. The van der Waals surface area contributed by atoms with E-state index in [1.165, 1.54) is 0 Å². The van der Waals surface area contributed by atoms with Crippen LogP contribution in [0.25, 0.3) is 17.2 Å². The van der Waals surface area contributed by atoms with E-state index in [1.807, 2.05) is 54.6 Å². The number of hydrogen-bond donors (Lipinski definition) is 2. The van der Waals surface area contributed by atoms with Crippen LogP contribution in [0.5, 0.6) is 0 Å². The van der Waals surface area contributed by atoms with Gasteiger partial charge in [-0.25, -0.2) is 4.79 Å². The normalized spacial score (nSPS) is 13.0. The van der Waals surface area contributed by atoms with E-state index >= 15 is 0 Å². The zero-order valence-corrected chi connectivity index (χ0v) is 11.9. The van der Waals surface area contributed by atoms with Crippen molar-refractivity contribution in [2.24, 2.45) is 0 Å². The highest BCUT2D eigenvalue weighted by Crippen LogP contribution is 2.26. The topological polar surface area (TPSA) is 57.5 Å². The second kappa shape index (κ2) is 6.86. The second-order valence-electron chi connectivity index (χ2n) is 4.98. The molecule has 1 unspecified atom stereocenters. The van der Waals surface area contributed by atoms with Crippen LogP contribution in [0.4, 0.5) is 0 Å². The van der Waals surface area contributed by atoms with E-state index in [-0.39, 0.29) is 12.0 Å². The van der Waals surface area contributed by atoms with Crippen molar-refractivity contribution in [3.05, 3.63) is 65.7 Å². The molecule has 2 N–H and O–H groups in total. The average Bonchev–Trinajstić information content (AvgIpc) is 2.47. The molecule has 2 aromatic rings. The molecule has 0 saturated heterocycles. The fraction of sp³-hybridized carbons (Fsp3) is 0.167. The zero-order valence-electron chi connectivity index (χ0n) is 11.9. The van der Waals surface area contributed by atoms with Gasteiger partial charge < -0.3 is 10.2 Å². The lowest BCUT2D eigenvalue weighted by Gasteiger charge is -2.09. The molecule has 0 aliphatic carbocycles.